The van der Waals surface area contributed by atoms with Crippen molar-refractivity contribution in [1.29, 1.82) is 0 Å². The molecule has 118 valence electrons. The molecule has 1 heterocycles. The van der Waals surface area contributed by atoms with Gasteiger partial charge in [-0.2, -0.15) is 0 Å². The molecule has 4 atom stereocenters. The minimum atomic E-state index is -0.0649. The SMILES string of the molecule is CCOC(=O)[C@@H]1CCCN(C(=S)N[C@H]2C[C@H]3CC[C@H]2C3)C1. The zero-order valence-electron chi connectivity index (χ0n) is 12.8. The molecule has 1 saturated heterocycles. The topological polar surface area (TPSA) is 41.6 Å². The molecule has 3 rings (SSSR count). The molecule has 0 unspecified atom stereocenters. The number of nitrogens with one attached hydrogen (secondary N) is 1. The van der Waals surface area contributed by atoms with Gasteiger partial charge in [-0.25, -0.2) is 0 Å². The van der Waals surface area contributed by atoms with Gasteiger partial charge in [0, 0.05) is 19.1 Å². The summed E-state index contributed by atoms with van der Waals surface area (Å²) in [6.45, 7) is 4.00. The normalized spacial score (nSPS) is 34.8. The van der Waals surface area contributed by atoms with Crippen molar-refractivity contribution in [3.05, 3.63) is 0 Å². The highest BCUT2D eigenvalue weighted by Gasteiger charge is 2.40. The van der Waals surface area contributed by atoms with Crippen molar-refractivity contribution in [2.75, 3.05) is 19.7 Å². The second-order valence-electron chi connectivity index (χ2n) is 6.77. The van der Waals surface area contributed by atoms with Crippen molar-refractivity contribution in [3.63, 3.8) is 0 Å². The molecule has 3 aliphatic rings. The molecule has 0 radical (unpaired) electrons. The molecule has 2 saturated carbocycles. The number of thiocarbonyl (C=S) groups is 1. The molecule has 1 aliphatic heterocycles. The Labute approximate surface area is 132 Å². The summed E-state index contributed by atoms with van der Waals surface area (Å²) in [4.78, 5) is 14.1. The van der Waals surface area contributed by atoms with Gasteiger partial charge in [-0.3, -0.25) is 4.79 Å². The summed E-state index contributed by atoms with van der Waals surface area (Å²) in [6.07, 6.45) is 7.36. The van der Waals surface area contributed by atoms with Crippen LogP contribution in [0.5, 0.6) is 0 Å². The standard InChI is InChI=1S/C16H26N2O2S/c1-2-20-15(19)13-4-3-7-18(10-13)16(21)17-14-9-11-5-6-12(14)8-11/h11-14H,2-10H2,1H3,(H,17,21)/t11-,12-,13+,14-/m0/s1. The van der Waals surface area contributed by atoms with Crippen molar-refractivity contribution in [3.8, 4) is 0 Å². The van der Waals surface area contributed by atoms with E-state index in [9.17, 15) is 4.79 Å². The third-order valence-corrected chi connectivity index (χ3v) is 5.75. The number of carbonyl (C=O) groups is 1. The fraction of sp³-hybridized carbons (Fsp3) is 0.875. The van der Waals surface area contributed by atoms with Crippen LogP contribution in [0.2, 0.25) is 0 Å². The molecule has 4 nitrogen and oxygen atoms in total. The molecule has 0 aromatic heterocycles. The number of rotatable bonds is 3. The van der Waals surface area contributed by atoms with Gasteiger partial charge >= 0.3 is 5.97 Å². The van der Waals surface area contributed by atoms with Crippen LogP contribution in [0.3, 0.4) is 0 Å². The number of ether oxygens (including phenoxy) is 1. The highest BCUT2D eigenvalue weighted by molar-refractivity contribution is 7.80. The molecule has 0 aromatic carbocycles. The molecule has 2 aliphatic carbocycles. The first-order valence-corrected chi connectivity index (χ1v) is 8.80. The highest BCUT2D eigenvalue weighted by atomic mass is 32.1. The Morgan fingerprint density at radius 1 is 1.33 bits per heavy atom. The molecular weight excluding hydrogens is 284 g/mol. The number of likely N-dealkylation sites (tertiary alicyclic amines) is 1. The van der Waals surface area contributed by atoms with Crippen molar-refractivity contribution in [1.82, 2.24) is 10.2 Å². The summed E-state index contributed by atoms with van der Waals surface area (Å²) in [5.41, 5.74) is 0. The molecule has 1 N–H and O–H groups in total. The largest absolute Gasteiger partial charge is 0.466 e. The van der Waals surface area contributed by atoms with E-state index < -0.39 is 0 Å². The van der Waals surface area contributed by atoms with Gasteiger partial charge in [-0.1, -0.05) is 6.42 Å². The summed E-state index contributed by atoms with van der Waals surface area (Å²) < 4.78 is 5.15. The maximum Gasteiger partial charge on any atom is 0.310 e. The monoisotopic (exact) mass is 310 g/mol. The molecule has 0 aromatic rings. The predicted molar refractivity (Wildman–Crippen MR) is 85.9 cm³/mol. The molecule has 21 heavy (non-hydrogen) atoms. The summed E-state index contributed by atoms with van der Waals surface area (Å²) in [6, 6.07) is 0.569. The second-order valence-corrected chi connectivity index (χ2v) is 7.15. The summed E-state index contributed by atoms with van der Waals surface area (Å²) in [7, 11) is 0. The minimum absolute atomic E-state index is 0.0153. The van der Waals surface area contributed by atoms with E-state index in [0.29, 0.717) is 19.2 Å². The van der Waals surface area contributed by atoms with Crippen LogP contribution >= 0.6 is 12.2 Å². The van der Waals surface area contributed by atoms with E-state index in [2.05, 4.69) is 10.2 Å². The Morgan fingerprint density at radius 2 is 2.19 bits per heavy atom. The lowest BCUT2D eigenvalue weighted by atomic mass is 9.95. The molecule has 2 bridgehead atoms. The van der Waals surface area contributed by atoms with Crippen LogP contribution in [-0.2, 0) is 9.53 Å². The van der Waals surface area contributed by atoms with Crippen molar-refractivity contribution in [2.24, 2.45) is 17.8 Å². The van der Waals surface area contributed by atoms with E-state index in [1.165, 1.54) is 25.7 Å². The van der Waals surface area contributed by atoms with E-state index in [1.807, 2.05) is 6.92 Å². The number of fused-ring (bicyclic) bond motifs is 2. The Morgan fingerprint density at radius 3 is 2.86 bits per heavy atom. The average molecular weight is 310 g/mol. The average Bonchev–Trinajstić information content (AvgIpc) is 3.10. The molecule has 0 amide bonds. The van der Waals surface area contributed by atoms with Gasteiger partial charge in [0.2, 0.25) is 0 Å². The lowest BCUT2D eigenvalue weighted by Crippen LogP contribution is -2.50. The van der Waals surface area contributed by atoms with Gasteiger partial charge in [-0.05, 0) is 63.1 Å². The molecule has 0 spiro atoms. The Bertz CT molecular complexity index is 415. The lowest BCUT2D eigenvalue weighted by molar-refractivity contribution is -0.149. The predicted octanol–water partition coefficient (Wildman–Crippen LogP) is 2.32. The van der Waals surface area contributed by atoms with Gasteiger partial charge in [0.15, 0.2) is 5.11 Å². The van der Waals surface area contributed by atoms with E-state index in [1.54, 1.807) is 0 Å². The smallest absolute Gasteiger partial charge is 0.310 e. The summed E-state index contributed by atoms with van der Waals surface area (Å²) >= 11 is 5.59. The maximum absolute atomic E-state index is 11.9. The third kappa shape index (κ3) is 3.33. The first-order valence-electron chi connectivity index (χ1n) is 8.39. The fourth-order valence-electron chi connectivity index (χ4n) is 4.29. The van der Waals surface area contributed by atoms with Gasteiger partial charge in [0.25, 0.3) is 0 Å². The second kappa shape index (κ2) is 6.51. The fourth-order valence-corrected chi connectivity index (χ4v) is 4.60. The van der Waals surface area contributed by atoms with Gasteiger partial charge in [0.1, 0.15) is 0 Å². The van der Waals surface area contributed by atoms with Gasteiger partial charge in [0.05, 0.1) is 12.5 Å². The van der Waals surface area contributed by atoms with Crippen LogP contribution in [-0.4, -0.2) is 41.7 Å². The van der Waals surface area contributed by atoms with Crippen molar-refractivity contribution >= 4 is 23.3 Å². The van der Waals surface area contributed by atoms with E-state index in [0.717, 1.165) is 36.3 Å². The number of hydrogen-bond acceptors (Lipinski definition) is 3. The molecule has 3 fully saturated rings. The van der Waals surface area contributed by atoms with Crippen molar-refractivity contribution < 1.29 is 9.53 Å². The van der Waals surface area contributed by atoms with E-state index >= 15 is 0 Å². The van der Waals surface area contributed by atoms with Crippen LogP contribution in [0.4, 0.5) is 0 Å². The maximum atomic E-state index is 11.9. The third-order valence-electron chi connectivity index (χ3n) is 5.38. The number of esters is 1. The minimum Gasteiger partial charge on any atom is -0.466 e. The Balaban J connectivity index is 1.51. The van der Waals surface area contributed by atoms with Gasteiger partial charge < -0.3 is 15.0 Å². The zero-order chi connectivity index (χ0) is 14.8. The Kier molecular flexibility index (Phi) is 4.67. The number of piperidine rings is 1. The lowest BCUT2D eigenvalue weighted by Gasteiger charge is -2.35. The van der Waals surface area contributed by atoms with Crippen LogP contribution in [0.25, 0.3) is 0 Å². The van der Waals surface area contributed by atoms with Gasteiger partial charge in [-0.15, -0.1) is 0 Å². The van der Waals surface area contributed by atoms with Crippen LogP contribution < -0.4 is 5.32 Å². The van der Waals surface area contributed by atoms with Crippen LogP contribution in [0.15, 0.2) is 0 Å². The zero-order valence-corrected chi connectivity index (χ0v) is 13.7. The van der Waals surface area contributed by atoms with E-state index in [4.69, 9.17) is 17.0 Å². The summed E-state index contributed by atoms with van der Waals surface area (Å²) in [5, 5.41) is 4.43. The first kappa shape index (κ1) is 15.1. The number of carbonyl (C=O) groups excluding carboxylic acids is 1. The first-order chi connectivity index (χ1) is 10.2. The van der Waals surface area contributed by atoms with Crippen molar-refractivity contribution in [2.45, 2.75) is 51.5 Å². The Hall–Kier alpha value is -0.840. The van der Waals surface area contributed by atoms with Crippen LogP contribution in [0.1, 0.15) is 45.4 Å². The number of nitrogens with zero attached hydrogens (tertiary/aromatic N) is 1. The van der Waals surface area contributed by atoms with E-state index in [-0.39, 0.29) is 11.9 Å². The summed E-state index contributed by atoms with van der Waals surface area (Å²) in [5.74, 6) is 1.66. The quantitative estimate of drug-likeness (QED) is 0.640. The molecular formula is C16H26N2O2S. The highest BCUT2D eigenvalue weighted by Crippen LogP contribution is 2.44. The number of hydrogen-bond donors (Lipinski definition) is 1. The molecule has 5 heteroatoms. The van der Waals surface area contributed by atoms with Crippen LogP contribution in [0, 0.1) is 17.8 Å².